The normalized spacial score (nSPS) is 21.7. The summed E-state index contributed by atoms with van der Waals surface area (Å²) in [6.07, 6.45) is 2.87. The lowest BCUT2D eigenvalue weighted by atomic mass is 9.83. The van der Waals surface area contributed by atoms with Crippen molar-refractivity contribution in [3.8, 4) is 5.88 Å². The van der Waals surface area contributed by atoms with Crippen LogP contribution in [0.2, 0.25) is 0 Å². The van der Waals surface area contributed by atoms with E-state index in [2.05, 4.69) is 10.3 Å². The highest BCUT2D eigenvalue weighted by molar-refractivity contribution is 5.90. The highest BCUT2D eigenvalue weighted by atomic mass is 19.4. The lowest BCUT2D eigenvalue weighted by Gasteiger charge is -2.34. The van der Waals surface area contributed by atoms with Crippen molar-refractivity contribution in [1.82, 2.24) is 9.88 Å². The van der Waals surface area contributed by atoms with Crippen LogP contribution in [0.5, 0.6) is 5.88 Å². The largest absolute Gasteiger partial charge is 0.481 e. The number of amides is 2. The number of ether oxygens (including phenoxy) is 1. The first-order valence-corrected chi connectivity index (χ1v) is 9.10. The van der Waals surface area contributed by atoms with Crippen molar-refractivity contribution in [2.24, 2.45) is 5.92 Å². The number of carbonyl (C=O) groups is 1. The van der Waals surface area contributed by atoms with Gasteiger partial charge in [-0.2, -0.15) is 13.2 Å². The number of alkyl halides is 3. The van der Waals surface area contributed by atoms with Gasteiger partial charge in [-0.15, -0.1) is 0 Å². The van der Waals surface area contributed by atoms with Crippen molar-refractivity contribution < 1.29 is 22.7 Å². The fourth-order valence-electron chi connectivity index (χ4n) is 4.11. The van der Waals surface area contributed by atoms with E-state index in [9.17, 15) is 18.0 Å². The molecule has 1 saturated heterocycles. The van der Waals surface area contributed by atoms with Crippen molar-refractivity contribution in [2.75, 3.05) is 19.0 Å². The molecule has 1 aromatic rings. The van der Waals surface area contributed by atoms with Gasteiger partial charge in [0.15, 0.2) is 5.69 Å². The Morgan fingerprint density at radius 2 is 1.92 bits per heavy atom. The molecule has 3 rings (SSSR count). The summed E-state index contributed by atoms with van der Waals surface area (Å²) in [5, 5.41) is 2.43. The van der Waals surface area contributed by atoms with Crippen LogP contribution in [0.1, 0.15) is 50.6 Å². The van der Waals surface area contributed by atoms with Crippen molar-refractivity contribution in [3.63, 3.8) is 0 Å². The maximum Gasteiger partial charge on any atom is 0.435 e. The minimum absolute atomic E-state index is 0.121. The maximum atomic E-state index is 13.3. The number of likely N-dealkylation sites (tertiary alicyclic amines) is 1. The van der Waals surface area contributed by atoms with Gasteiger partial charge in [-0.1, -0.05) is 19.3 Å². The second-order valence-corrected chi connectivity index (χ2v) is 6.98. The molecule has 1 saturated carbocycles. The highest BCUT2D eigenvalue weighted by Crippen LogP contribution is 2.37. The predicted molar refractivity (Wildman–Crippen MR) is 91.1 cm³/mol. The average molecular weight is 371 g/mol. The number of carbonyl (C=O) groups excluding carboxylic acids is 1. The van der Waals surface area contributed by atoms with E-state index < -0.39 is 17.9 Å². The van der Waals surface area contributed by atoms with Crippen LogP contribution in [-0.4, -0.2) is 35.6 Å². The Balaban J connectivity index is 1.76. The van der Waals surface area contributed by atoms with E-state index in [1.54, 1.807) is 4.90 Å². The molecule has 0 radical (unpaired) electrons. The number of methoxy groups -OCH3 is 1. The second-order valence-electron chi connectivity index (χ2n) is 6.98. The summed E-state index contributed by atoms with van der Waals surface area (Å²) in [5.41, 5.74) is -1.48. The molecule has 1 N–H and O–H groups in total. The van der Waals surface area contributed by atoms with E-state index in [1.807, 2.05) is 0 Å². The Morgan fingerprint density at radius 1 is 1.19 bits per heavy atom. The number of urea groups is 1. The van der Waals surface area contributed by atoms with Crippen molar-refractivity contribution in [1.29, 1.82) is 0 Å². The Hall–Kier alpha value is -1.99. The number of hydrogen-bond donors (Lipinski definition) is 1. The zero-order chi connectivity index (χ0) is 18.7. The molecule has 144 valence electrons. The minimum Gasteiger partial charge on any atom is -0.481 e. The van der Waals surface area contributed by atoms with E-state index in [1.165, 1.54) is 25.7 Å². The number of halogens is 3. The topological polar surface area (TPSA) is 54.5 Å². The van der Waals surface area contributed by atoms with E-state index in [0.717, 1.165) is 38.5 Å². The van der Waals surface area contributed by atoms with Gasteiger partial charge in [-0.3, -0.25) is 0 Å². The highest BCUT2D eigenvalue weighted by Gasteiger charge is 2.39. The SMILES string of the molecule is COc1ccc(NC(=O)N2CCC[C@@H]2C2CCCCC2)c(C(F)(F)F)n1. The van der Waals surface area contributed by atoms with Crippen LogP contribution in [0.15, 0.2) is 12.1 Å². The van der Waals surface area contributed by atoms with E-state index >= 15 is 0 Å². The van der Waals surface area contributed by atoms with Gasteiger partial charge in [-0.25, -0.2) is 9.78 Å². The quantitative estimate of drug-likeness (QED) is 0.839. The minimum atomic E-state index is -4.68. The number of nitrogens with zero attached hydrogens (tertiary/aromatic N) is 2. The first-order valence-electron chi connectivity index (χ1n) is 9.10. The third-order valence-corrected chi connectivity index (χ3v) is 5.34. The molecule has 26 heavy (non-hydrogen) atoms. The predicted octanol–water partition coefficient (Wildman–Crippen LogP) is 4.69. The molecule has 5 nitrogen and oxygen atoms in total. The van der Waals surface area contributed by atoms with E-state index in [0.29, 0.717) is 12.5 Å². The van der Waals surface area contributed by atoms with E-state index in [-0.39, 0.29) is 17.6 Å². The summed E-state index contributed by atoms with van der Waals surface area (Å²) < 4.78 is 44.6. The van der Waals surface area contributed by atoms with Gasteiger partial charge in [0.05, 0.1) is 12.8 Å². The second kappa shape index (κ2) is 7.72. The van der Waals surface area contributed by atoms with Crippen LogP contribution < -0.4 is 10.1 Å². The molecule has 2 amide bonds. The number of pyridine rings is 1. The zero-order valence-electron chi connectivity index (χ0n) is 14.8. The summed E-state index contributed by atoms with van der Waals surface area (Å²) in [6, 6.07) is 2.15. The van der Waals surface area contributed by atoms with E-state index in [4.69, 9.17) is 4.74 Å². The molecular weight excluding hydrogens is 347 g/mol. The molecule has 2 aliphatic rings. The molecule has 1 aromatic heterocycles. The summed E-state index contributed by atoms with van der Waals surface area (Å²) in [7, 11) is 1.25. The van der Waals surface area contributed by atoms with Crippen molar-refractivity contribution in [2.45, 2.75) is 57.2 Å². The number of hydrogen-bond acceptors (Lipinski definition) is 3. The van der Waals surface area contributed by atoms with Crippen LogP contribution in [0.25, 0.3) is 0 Å². The third-order valence-electron chi connectivity index (χ3n) is 5.34. The van der Waals surface area contributed by atoms with Crippen LogP contribution in [-0.2, 0) is 6.18 Å². The fraction of sp³-hybridized carbons (Fsp3) is 0.667. The van der Waals surface area contributed by atoms with Gasteiger partial charge >= 0.3 is 12.2 Å². The third kappa shape index (κ3) is 4.04. The van der Waals surface area contributed by atoms with Gasteiger partial charge in [0, 0.05) is 18.7 Å². The molecular formula is C18H24F3N3O2. The first kappa shape index (κ1) is 18.8. The van der Waals surface area contributed by atoms with Crippen LogP contribution in [0.3, 0.4) is 0 Å². The summed E-state index contributed by atoms with van der Waals surface area (Å²) >= 11 is 0. The summed E-state index contributed by atoms with van der Waals surface area (Å²) in [5.74, 6) is 0.310. The fourth-order valence-corrected chi connectivity index (χ4v) is 4.11. The average Bonchev–Trinajstić information content (AvgIpc) is 3.12. The Labute approximate surface area is 150 Å². The van der Waals surface area contributed by atoms with Crippen LogP contribution >= 0.6 is 0 Å². The molecule has 8 heteroatoms. The number of anilines is 1. The van der Waals surface area contributed by atoms with Gasteiger partial charge in [0.2, 0.25) is 5.88 Å². The molecule has 0 unspecified atom stereocenters. The van der Waals surface area contributed by atoms with Gasteiger partial charge in [-0.05, 0) is 37.7 Å². The van der Waals surface area contributed by atoms with Crippen molar-refractivity contribution in [3.05, 3.63) is 17.8 Å². The van der Waals surface area contributed by atoms with Gasteiger partial charge in [0.1, 0.15) is 0 Å². The van der Waals surface area contributed by atoms with Crippen LogP contribution in [0.4, 0.5) is 23.7 Å². The van der Waals surface area contributed by atoms with Gasteiger partial charge < -0.3 is 15.0 Å². The molecule has 1 atom stereocenters. The molecule has 1 aliphatic heterocycles. The molecule has 1 aliphatic carbocycles. The molecule has 2 heterocycles. The standard InChI is InChI=1S/C18H24F3N3O2/c1-26-15-10-9-13(16(23-15)18(19,20)21)22-17(25)24-11-5-8-14(24)12-6-3-2-4-7-12/h9-10,12,14H,2-8,11H2,1H3,(H,22,25)/t14-/m1/s1. The van der Waals surface area contributed by atoms with Crippen molar-refractivity contribution >= 4 is 11.7 Å². The number of nitrogens with one attached hydrogen (secondary N) is 1. The molecule has 2 fully saturated rings. The lowest BCUT2D eigenvalue weighted by Crippen LogP contribution is -2.43. The Bertz CT molecular complexity index is 645. The summed E-state index contributed by atoms with van der Waals surface area (Å²) in [6.45, 7) is 0.581. The maximum absolute atomic E-state index is 13.3. The number of aromatic nitrogens is 1. The number of rotatable bonds is 3. The first-order chi connectivity index (χ1) is 12.4. The molecule has 0 aromatic carbocycles. The van der Waals surface area contributed by atoms with Crippen LogP contribution in [0, 0.1) is 5.92 Å². The zero-order valence-corrected chi connectivity index (χ0v) is 14.8. The molecule has 0 spiro atoms. The Kier molecular flexibility index (Phi) is 5.58. The smallest absolute Gasteiger partial charge is 0.435 e. The Morgan fingerprint density at radius 3 is 2.58 bits per heavy atom. The summed E-state index contributed by atoms with van der Waals surface area (Å²) in [4.78, 5) is 17.9. The molecule has 0 bridgehead atoms. The van der Waals surface area contributed by atoms with Gasteiger partial charge in [0.25, 0.3) is 0 Å². The monoisotopic (exact) mass is 371 g/mol. The lowest BCUT2D eigenvalue weighted by molar-refractivity contribution is -0.140.